The summed E-state index contributed by atoms with van der Waals surface area (Å²) < 4.78 is 27.1. The van der Waals surface area contributed by atoms with Gasteiger partial charge in [-0.15, -0.1) is 0 Å². The molecule has 1 aliphatic heterocycles. The van der Waals surface area contributed by atoms with Gasteiger partial charge in [0.05, 0.1) is 4.90 Å². The molecule has 1 aromatic rings. The zero-order valence-corrected chi connectivity index (χ0v) is 15.6. The van der Waals surface area contributed by atoms with E-state index in [-0.39, 0.29) is 10.8 Å². The van der Waals surface area contributed by atoms with E-state index in [1.54, 1.807) is 28.6 Å². The van der Waals surface area contributed by atoms with Crippen molar-refractivity contribution >= 4 is 21.6 Å². The number of carbonyl (C=O) groups is 1. The molecule has 1 amide bonds. The zero-order valence-electron chi connectivity index (χ0n) is 14.8. The van der Waals surface area contributed by atoms with Crippen molar-refractivity contribution in [3.8, 4) is 0 Å². The third-order valence-corrected chi connectivity index (χ3v) is 6.54. The fraction of sp³-hybridized carbons (Fsp3) is 0.588. The molecule has 1 aromatic carbocycles. The second kappa shape index (κ2) is 7.63. The summed E-state index contributed by atoms with van der Waals surface area (Å²) in [7, 11) is -1.38. The summed E-state index contributed by atoms with van der Waals surface area (Å²) in [5.41, 5.74) is 0.596. The molecule has 1 N–H and O–H groups in total. The first kappa shape index (κ1) is 18.9. The average molecular weight is 353 g/mol. The maximum Gasteiger partial charge on any atom is 0.243 e. The van der Waals surface area contributed by atoms with Crippen LogP contribution < -0.4 is 5.32 Å². The third kappa shape index (κ3) is 4.34. The molecule has 1 fully saturated rings. The minimum atomic E-state index is -3.47. The second-order valence-electron chi connectivity index (χ2n) is 6.60. The van der Waals surface area contributed by atoms with Crippen LogP contribution in [0.2, 0.25) is 0 Å². The van der Waals surface area contributed by atoms with Gasteiger partial charge < -0.3 is 10.2 Å². The van der Waals surface area contributed by atoms with Crippen molar-refractivity contribution in [2.45, 2.75) is 50.6 Å². The van der Waals surface area contributed by atoms with Crippen molar-refractivity contribution in [3.63, 3.8) is 0 Å². The Labute approximate surface area is 144 Å². The summed E-state index contributed by atoms with van der Waals surface area (Å²) in [6, 6.07) is 7.22. The van der Waals surface area contributed by atoms with E-state index in [4.69, 9.17) is 0 Å². The van der Waals surface area contributed by atoms with Gasteiger partial charge >= 0.3 is 0 Å². The Morgan fingerprint density at radius 2 is 1.75 bits per heavy atom. The van der Waals surface area contributed by atoms with Gasteiger partial charge in [-0.25, -0.2) is 8.42 Å². The Morgan fingerprint density at radius 3 is 2.21 bits per heavy atom. The number of hydrogen-bond donors (Lipinski definition) is 1. The lowest BCUT2D eigenvalue weighted by Crippen LogP contribution is -2.47. The lowest BCUT2D eigenvalue weighted by atomic mass is 10.0. The van der Waals surface area contributed by atoms with E-state index in [2.05, 4.69) is 31.1 Å². The second-order valence-corrected chi connectivity index (χ2v) is 8.54. The summed E-state index contributed by atoms with van der Waals surface area (Å²) in [6.07, 6.45) is 1.69. The Kier molecular flexibility index (Phi) is 6.01. The molecule has 0 radical (unpaired) electrons. The van der Waals surface area contributed by atoms with Crippen molar-refractivity contribution < 1.29 is 13.2 Å². The zero-order chi connectivity index (χ0) is 17.9. The number of sulfonamides is 1. The molecule has 0 spiro atoms. The van der Waals surface area contributed by atoms with Crippen LogP contribution in [-0.4, -0.2) is 55.8 Å². The van der Waals surface area contributed by atoms with Crippen molar-refractivity contribution in [1.82, 2.24) is 9.21 Å². The highest BCUT2D eigenvalue weighted by Crippen LogP contribution is 2.24. The normalized spacial score (nSPS) is 17.4. The van der Waals surface area contributed by atoms with E-state index in [9.17, 15) is 13.2 Å². The SMILES string of the molecule is CC(=O)Nc1ccc(S(=O)(=O)N2CCC(N(C)C(C)C)CC2)cc1. The van der Waals surface area contributed by atoms with Crippen LogP contribution in [-0.2, 0) is 14.8 Å². The van der Waals surface area contributed by atoms with Crippen molar-refractivity contribution in [2.75, 3.05) is 25.5 Å². The Morgan fingerprint density at radius 1 is 1.21 bits per heavy atom. The van der Waals surface area contributed by atoms with E-state index in [1.165, 1.54) is 6.92 Å². The fourth-order valence-electron chi connectivity index (χ4n) is 2.97. The lowest BCUT2D eigenvalue weighted by molar-refractivity contribution is -0.114. The molecule has 0 atom stereocenters. The highest BCUT2D eigenvalue weighted by Gasteiger charge is 2.31. The van der Waals surface area contributed by atoms with Gasteiger partial charge in [0, 0.05) is 37.8 Å². The maximum absolute atomic E-state index is 12.8. The van der Waals surface area contributed by atoms with Gasteiger partial charge in [-0.3, -0.25) is 4.79 Å². The number of nitrogens with one attached hydrogen (secondary N) is 1. The van der Waals surface area contributed by atoms with E-state index >= 15 is 0 Å². The summed E-state index contributed by atoms with van der Waals surface area (Å²) >= 11 is 0. The topological polar surface area (TPSA) is 69.7 Å². The monoisotopic (exact) mass is 353 g/mol. The lowest BCUT2D eigenvalue weighted by Gasteiger charge is -2.38. The quantitative estimate of drug-likeness (QED) is 0.880. The number of rotatable bonds is 5. The molecule has 0 unspecified atom stereocenters. The first-order chi connectivity index (χ1) is 11.2. The number of anilines is 1. The molecular formula is C17H27N3O3S. The first-order valence-electron chi connectivity index (χ1n) is 8.31. The van der Waals surface area contributed by atoms with Crippen LogP contribution in [0.5, 0.6) is 0 Å². The fourth-order valence-corrected chi connectivity index (χ4v) is 4.44. The molecule has 7 heteroatoms. The number of amides is 1. The Balaban J connectivity index is 2.05. The van der Waals surface area contributed by atoms with Gasteiger partial charge in [0.25, 0.3) is 0 Å². The van der Waals surface area contributed by atoms with Gasteiger partial charge in [0.15, 0.2) is 0 Å². The molecule has 0 aromatic heterocycles. The maximum atomic E-state index is 12.8. The molecule has 0 bridgehead atoms. The summed E-state index contributed by atoms with van der Waals surface area (Å²) in [4.78, 5) is 13.6. The molecule has 0 saturated carbocycles. The minimum absolute atomic E-state index is 0.179. The Bertz CT molecular complexity index is 663. The number of nitrogens with zero attached hydrogens (tertiary/aromatic N) is 2. The predicted octanol–water partition coefficient (Wildman–Crippen LogP) is 2.14. The number of piperidine rings is 1. The van der Waals surface area contributed by atoms with E-state index in [0.717, 1.165) is 12.8 Å². The van der Waals surface area contributed by atoms with Crippen molar-refractivity contribution in [1.29, 1.82) is 0 Å². The third-order valence-electron chi connectivity index (χ3n) is 4.63. The largest absolute Gasteiger partial charge is 0.326 e. The van der Waals surface area contributed by atoms with Crippen LogP contribution in [0, 0.1) is 0 Å². The summed E-state index contributed by atoms with van der Waals surface area (Å²) in [5.74, 6) is -0.179. The van der Waals surface area contributed by atoms with Crippen LogP contribution in [0.1, 0.15) is 33.6 Å². The number of benzene rings is 1. The smallest absolute Gasteiger partial charge is 0.243 e. The van der Waals surface area contributed by atoms with Gasteiger partial charge in [0.2, 0.25) is 15.9 Å². The van der Waals surface area contributed by atoms with Crippen LogP contribution in [0.3, 0.4) is 0 Å². The van der Waals surface area contributed by atoms with E-state index in [1.807, 2.05) is 0 Å². The standard InChI is InChI=1S/C17H27N3O3S/c1-13(2)19(4)16-9-11-20(12-10-16)24(22,23)17-7-5-15(6-8-17)18-14(3)21/h5-8,13,16H,9-12H2,1-4H3,(H,18,21). The molecular weight excluding hydrogens is 326 g/mol. The molecule has 0 aliphatic carbocycles. The molecule has 1 saturated heterocycles. The van der Waals surface area contributed by atoms with Crippen LogP contribution in [0.15, 0.2) is 29.2 Å². The predicted molar refractivity (Wildman–Crippen MR) is 95.4 cm³/mol. The van der Waals surface area contributed by atoms with E-state index in [0.29, 0.717) is 30.9 Å². The molecule has 1 aliphatic rings. The van der Waals surface area contributed by atoms with Crippen LogP contribution in [0.4, 0.5) is 5.69 Å². The average Bonchev–Trinajstić information content (AvgIpc) is 2.54. The van der Waals surface area contributed by atoms with Crippen LogP contribution in [0.25, 0.3) is 0 Å². The Hall–Kier alpha value is -1.44. The van der Waals surface area contributed by atoms with Gasteiger partial charge in [-0.05, 0) is 58.0 Å². The van der Waals surface area contributed by atoms with Gasteiger partial charge in [-0.2, -0.15) is 4.31 Å². The highest BCUT2D eigenvalue weighted by atomic mass is 32.2. The van der Waals surface area contributed by atoms with Crippen molar-refractivity contribution in [2.24, 2.45) is 0 Å². The van der Waals surface area contributed by atoms with E-state index < -0.39 is 10.0 Å². The van der Waals surface area contributed by atoms with Gasteiger partial charge in [-0.1, -0.05) is 0 Å². The molecule has 6 nitrogen and oxygen atoms in total. The minimum Gasteiger partial charge on any atom is -0.326 e. The van der Waals surface area contributed by atoms with Crippen molar-refractivity contribution in [3.05, 3.63) is 24.3 Å². The highest BCUT2D eigenvalue weighted by molar-refractivity contribution is 7.89. The first-order valence-corrected chi connectivity index (χ1v) is 9.75. The molecule has 134 valence electrons. The summed E-state index contributed by atoms with van der Waals surface area (Å²) in [5, 5.41) is 2.64. The number of carbonyl (C=O) groups excluding carboxylic acids is 1. The van der Waals surface area contributed by atoms with Crippen LogP contribution >= 0.6 is 0 Å². The molecule has 24 heavy (non-hydrogen) atoms. The number of hydrogen-bond acceptors (Lipinski definition) is 4. The summed E-state index contributed by atoms with van der Waals surface area (Å²) in [6.45, 7) is 6.80. The molecule has 1 heterocycles. The molecule has 2 rings (SSSR count). The van der Waals surface area contributed by atoms with Gasteiger partial charge in [0.1, 0.15) is 0 Å².